The first kappa shape index (κ1) is 10.0. The van der Waals surface area contributed by atoms with Crippen LogP contribution in [0.1, 0.15) is 11.4 Å². The third-order valence-corrected chi connectivity index (χ3v) is 1.65. The molecule has 0 aliphatic carbocycles. The van der Waals surface area contributed by atoms with E-state index in [2.05, 4.69) is 0 Å². The molecule has 62 valence electrons. The Morgan fingerprint density at radius 2 is 2.09 bits per heavy atom. The van der Waals surface area contributed by atoms with Gasteiger partial charge >= 0.3 is 0 Å². The highest BCUT2D eigenvalue weighted by molar-refractivity contribution is 5.93. The molecule has 0 amide bonds. The predicted molar refractivity (Wildman–Crippen MR) is 48.4 cm³/mol. The minimum atomic E-state index is 0. The van der Waals surface area contributed by atoms with E-state index in [9.17, 15) is 0 Å². The second-order valence-electron chi connectivity index (χ2n) is 2.33. The first-order chi connectivity index (χ1) is 4.63. The number of halogens is 1. The Morgan fingerprint density at radius 3 is 2.27 bits per heavy atom. The SMILES string of the molecule is Cc1ccc(C(=N)N)n1C.Cl. The molecular weight excluding hydrogens is 162 g/mol. The summed E-state index contributed by atoms with van der Waals surface area (Å²) >= 11 is 0. The van der Waals surface area contributed by atoms with Crippen molar-refractivity contribution in [2.75, 3.05) is 0 Å². The summed E-state index contributed by atoms with van der Waals surface area (Å²) in [6.45, 7) is 1.98. The van der Waals surface area contributed by atoms with E-state index >= 15 is 0 Å². The van der Waals surface area contributed by atoms with Crippen LogP contribution in [0.5, 0.6) is 0 Å². The standard InChI is InChI=1S/C7H11N3.ClH/c1-5-3-4-6(7(8)9)10(5)2;/h3-4H,1-2H3,(H3,8,9);1H. The first-order valence-corrected chi connectivity index (χ1v) is 3.09. The van der Waals surface area contributed by atoms with Crippen molar-refractivity contribution < 1.29 is 0 Å². The van der Waals surface area contributed by atoms with Gasteiger partial charge in [-0.15, -0.1) is 12.4 Å². The lowest BCUT2D eigenvalue weighted by molar-refractivity contribution is 0.868. The summed E-state index contributed by atoms with van der Waals surface area (Å²) in [6, 6.07) is 3.79. The molecule has 1 heterocycles. The normalized spacial score (nSPS) is 8.91. The molecule has 0 spiro atoms. The van der Waals surface area contributed by atoms with E-state index in [1.54, 1.807) is 0 Å². The summed E-state index contributed by atoms with van der Waals surface area (Å²) in [4.78, 5) is 0. The average molecular weight is 174 g/mol. The molecule has 0 radical (unpaired) electrons. The highest BCUT2D eigenvalue weighted by Crippen LogP contribution is 2.03. The molecule has 0 saturated heterocycles. The Labute approximate surface area is 72.1 Å². The van der Waals surface area contributed by atoms with Crippen molar-refractivity contribution in [2.45, 2.75) is 6.92 Å². The highest BCUT2D eigenvalue weighted by atomic mass is 35.5. The Bertz CT molecular complexity index is 265. The van der Waals surface area contributed by atoms with Gasteiger partial charge in [-0.2, -0.15) is 0 Å². The maximum atomic E-state index is 7.15. The van der Waals surface area contributed by atoms with Crippen molar-refractivity contribution in [3.05, 3.63) is 23.5 Å². The maximum Gasteiger partial charge on any atom is 0.139 e. The number of hydrogen-bond acceptors (Lipinski definition) is 1. The molecule has 0 aromatic carbocycles. The number of aryl methyl sites for hydroxylation is 1. The van der Waals surface area contributed by atoms with E-state index in [0.29, 0.717) is 0 Å². The van der Waals surface area contributed by atoms with E-state index < -0.39 is 0 Å². The molecule has 1 aromatic rings. The fraction of sp³-hybridized carbons (Fsp3) is 0.286. The van der Waals surface area contributed by atoms with Crippen molar-refractivity contribution in [3.8, 4) is 0 Å². The smallest absolute Gasteiger partial charge is 0.139 e. The number of nitrogen functional groups attached to an aromatic ring is 1. The third kappa shape index (κ3) is 1.74. The Hall–Kier alpha value is -0.960. The lowest BCUT2D eigenvalue weighted by Crippen LogP contribution is -2.15. The van der Waals surface area contributed by atoms with Gasteiger partial charge in [-0.05, 0) is 19.1 Å². The van der Waals surface area contributed by atoms with E-state index in [-0.39, 0.29) is 18.2 Å². The lowest BCUT2D eigenvalue weighted by atomic mass is 10.4. The van der Waals surface area contributed by atoms with E-state index in [1.165, 1.54) is 0 Å². The van der Waals surface area contributed by atoms with E-state index in [1.807, 2.05) is 30.7 Å². The van der Waals surface area contributed by atoms with Gasteiger partial charge in [0.2, 0.25) is 0 Å². The van der Waals surface area contributed by atoms with Crippen LogP contribution in [-0.2, 0) is 7.05 Å². The zero-order chi connectivity index (χ0) is 7.72. The molecule has 3 nitrogen and oxygen atoms in total. The molecule has 0 atom stereocenters. The van der Waals surface area contributed by atoms with Crippen LogP contribution in [0.3, 0.4) is 0 Å². The van der Waals surface area contributed by atoms with Crippen LogP contribution in [0.4, 0.5) is 0 Å². The van der Waals surface area contributed by atoms with Crippen molar-refractivity contribution in [1.82, 2.24) is 4.57 Å². The zero-order valence-corrected chi connectivity index (χ0v) is 7.40. The second kappa shape index (κ2) is 3.44. The van der Waals surface area contributed by atoms with Gasteiger partial charge in [-0.25, -0.2) is 0 Å². The van der Waals surface area contributed by atoms with Crippen LogP contribution >= 0.6 is 12.4 Å². The van der Waals surface area contributed by atoms with Crippen LogP contribution < -0.4 is 5.73 Å². The number of nitrogens with zero attached hydrogens (tertiary/aromatic N) is 1. The minimum absolute atomic E-state index is 0. The lowest BCUT2D eigenvalue weighted by Gasteiger charge is -2.01. The highest BCUT2D eigenvalue weighted by Gasteiger charge is 2.01. The first-order valence-electron chi connectivity index (χ1n) is 3.09. The van der Waals surface area contributed by atoms with Gasteiger partial charge in [-0.1, -0.05) is 0 Å². The molecule has 0 aliphatic heterocycles. The zero-order valence-electron chi connectivity index (χ0n) is 6.59. The summed E-state index contributed by atoms with van der Waals surface area (Å²) in [6.07, 6.45) is 0. The van der Waals surface area contributed by atoms with Gasteiger partial charge in [-0.3, -0.25) is 5.41 Å². The summed E-state index contributed by atoms with van der Waals surface area (Å²) in [5.41, 5.74) is 7.18. The third-order valence-electron chi connectivity index (χ3n) is 1.65. The van der Waals surface area contributed by atoms with Gasteiger partial charge < -0.3 is 10.3 Å². The van der Waals surface area contributed by atoms with Crippen molar-refractivity contribution in [3.63, 3.8) is 0 Å². The summed E-state index contributed by atoms with van der Waals surface area (Å²) < 4.78 is 1.89. The van der Waals surface area contributed by atoms with E-state index in [4.69, 9.17) is 11.1 Å². The quantitative estimate of drug-likeness (QED) is 0.484. The molecule has 1 rings (SSSR count). The number of nitrogens with one attached hydrogen (secondary N) is 1. The molecule has 3 N–H and O–H groups in total. The number of hydrogen-bond donors (Lipinski definition) is 2. The largest absolute Gasteiger partial charge is 0.382 e. The van der Waals surface area contributed by atoms with Gasteiger partial charge in [0, 0.05) is 12.7 Å². The molecule has 1 aromatic heterocycles. The minimum Gasteiger partial charge on any atom is -0.382 e. The van der Waals surface area contributed by atoms with Crippen LogP contribution in [-0.4, -0.2) is 10.4 Å². The van der Waals surface area contributed by atoms with Gasteiger partial charge in [0.25, 0.3) is 0 Å². The van der Waals surface area contributed by atoms with Crippen molar-refractivity contribution in [2.24, 2.45) is 12.8 Å². The molecule has 0 unspecified atom stereocenters. The predicted octanol–water partition coefficient (Wildman–Crippen LogP) is 1.04. The van der Waals surface area contributed by atoms with Crippen molar-refractivity contribution >= 4 is 18.2 Å². The van der Waals surface area contributed by atoms with Crippen molar-refractivity contribution in [1.29, 1.82) is 5.41 Å². The summed E-state index contributed by atoms with van der Waals surface area (Å²) in [5, 5.41) is 7.15. The molecule has 0 bridgehead atoms. The number of amidine groups is 1. The molecule has 11 heavy (non-hydrogen) atoms. The Kier molecular flexibility index (Phi) is 3.14. The van der Waals surface area contributed by atoms with E-state index in [0.717, 1.165) is 11.4 Å². The fourth-order valence-electron chi connectivity index (χ4n) is 0.884. The summed E-state index contributed by atoms with van der Waals surface area (Å²) in [7, 11) is 1.89. The monoisotopic (exact) mass is 173 g/mol. The van der Waals surface area contributed by atoms with Crippen LogP contribution in [0, 0.1) is 12.3 Å². The van der Waals surface area contributed by atoms with Crippen LogP contribution in [0.15, 0.2) is 12.1 Å². The number of rotatable bonds is 1. The summed E-state index contributed by atoms with van der Waals surface area (Å²) in [5.74, 6) is 0.121. The number of aromatic nitrogens is 1. The molecule has 0 aliphatic rings. The molecule has 4 heteroatoms. The van der Waals surface area contributed by atoms with Crippen LogP contribution in [0.2, 0.25) is 0 Å². The second-order valence-corrected chi connectivity index (χ2v) is 2.33. The van der Waals surface area contributed by atoms with Gasteiger partial charge in [0.15, 0.2) is 0 Å². The van der Waals surface area contributed by atoms with Gasteiger partial charge in [0.05, 0.1) is 5.69 Å². The molecule has 0 saturated carbocycles. The topological polar surface area (TPSA) is 54.8 Å². The van der Waals surface area contributed by atoms with Gasteiger partial charge in [0.1, 0.15) is 5.84 Å². The molecule has 0 fully saturated rings. The average Bonchev–Trinajstić information content (AvgIpc) is 2.14. The fourth-order valence-corrected chi connectivity index (χ4v) is 0.884. The van der Waals surface area contributed by atoms with Crippen LogP contribution in [0.25, 0.3) is 0 Å². The number of nitrogens with two attached hydrogens (primary N) is 1. The Morgan fingerprint density at radius 1 is 1.55 bits per heavy atom. The maximum absolute atomic E-state index is 7.15. The molecular formula is C7H12ClN3. The Balaban J connectivity index is 0.000001000.